The van der Waals surface area contributed by atoms with Crippen molar-refractivity contribution in [1.29, 1.82) is 0 Å². The summed E-state index contributed by atoms with van der Waals surface area (Å²) in [5.41, 5.74) is 3.44. The van der Waals surface area contributed by atoms with Gasteiger partial charge >= 0.3 is 0 Å². The van der Waals surface area contributed by atoms with Gasteiger partial charge in [0, 0.05) is 25.4 Å². The van der Waals surface area contributed by atoms with E-state index in [0.29, 0.717) is 13.0 Å². The highest BCUT2D eigenvalue weighted by molar-refractivity contribution is 5.45. The van der Waals surface area contributed by atoms with Crippen LogP contribution in [0.5, 0.6) is 5.75 Å². The molecule has 1 fully saturated rings. The molecule has 1 atom stereocenters. The number of nitrogens with one attached hydrogen (secondary N) is 1. The largest absolute Gasteiger partial charge is 0.491 e. The molecular weight excluding hydrogens is 302 g/mol. The molecule has 0 saturated carbocycles. The van der Waals surface area contributed by atoms with Gasteiger partial charge in [0.1, 0.15) is 12.4 Å². The highest BCUT2D eigenvalue weighted by Gasteiger charge is 2.15. The first-order chi connectivity index (χ1) is 11.8. The van der Waals surface area contributed by atoms with Crippen LogP contribution in [0.2, 0.25) is 0 Å². The fourth-order valence-corrected chi connectivity index (χ4v) is 2.79. The number of hydrogen-bond acceptors (Lipinski definition) is 4. The second kappa shape index (κ2) is 8.71. The van der Waals surface area contributed by atoms with Gasteiger partial charge in [-0.05, 0) is 54.7 Å². The van der Waals surface area contributed by atoms with Crippen molar-refractivity contribution < 1.29 is 14.6 Å². The maximum Gasteiger partial charge on any atom is 0.119 e. The van der Waals surface area contributed by atoms with Crippen molar-refractivity contribution in [2.24, 2.45) is 0 Å². The third-order valence-electron chi connectivity index (χ3n) is 4.23. The van der Waals surface area contributed by atoms with Crippen LogP contribution in [0.15, 0.2) is 48.5 Å². The maximum absolute atomic E-state index is 8.93. The summed E-state index contributed by atoms with van der Waals surface area (Å²) in [7, 11) is 0. The molecule has 4 heteroatoms. The van der Waals surface area contributed by atoms with Crippen LogP contribution < -0.4 is 10.1 Å². The van der Waals surface area contributed by atoms with Crippen LogP contribution in [0.4, 0.5) is 5.69 Å². The van der Waals surface area contributed by atoms with Crippen LogP contribution in [0.25, 0.3) is 0 Å². The monoisotopic (exact) mass is 327 g/mol. The minimum Gasteiger partial charge on any atom is -0.491 e. The average Bonchev–Trinajstić information content (AvgIpc) is 3.14. The molecule has 1 heterocycles. The molecular formula is C20H25NO3. The number of benzene rings is 2. The minimum atomic E-state index is 0.189. The van der Waals surface area contributed by atoms with E-state index in [9.17, 15) is 0 Å². The number of rotatable bonds is 8. The Hall–Kier alpha value is -2.04. The third kappa shape index (κ3) is 4.98. The van der Waals surface area contributed by atoms with Gasteiger partial charge in [0.2, 0.25) is 0 Å². The molecule has 0 bridgehead atoms. The second-order valence-corrected chi connectivity index (χ2v) is 6.11. The topological polar surface area (TPSA) is 50.7 Å². The fraction of sp³-hybridized carbons (Fsp3) is 0.400. The van der Waals surface area contributed by atoms with Crippen molar-refractivity contribution >= 4 is 5.69 Å². The van der Waals surface area contributed by atoms with Crippen LogP contribution in [0, 0.1) is 0 Å². The summed E-state index contributed by atoms with van der Waals surface area (Å²) in [5.74, 6) is 0.891. The van der Waals surface area contributed by atoms with Crippen molar-refractivity contribution in [2.75, 3.05) is 25.1 Å². The van der Waals surface area contributed by atoms with Gasteiger partial charge in [0.15, 0.2) is 0 Å². The van der Waals surface area contributed by atoms with Crippen molar-refractivity contribution in [1.82, 2.24) is 0 Å². The molecule has 2 aromatic rings. The normalized spacial score (nSPS) is 17.0. The predicted molar refractivity (Wildman–Crippen MR) is 95.5 cm³/mol. The summed E-state index contributed by atoms with van der Waals surface area (Å²) in [6.45, 7) is 2.46. The van der Waals surface area contributed by atoms with Gasteiger partial charge in [-0.25, -0.2) is 0 Å². The second-order valence-electron chi connectivity index (χ2n) is 6.11. The van der Waals surface area contributed by atoms with Crippen molar-refractivity contribution in [2.45, 2.75) is 31.9 Å². The zero-order valence-electron chi connectivity index (χ0n) is 13.9. The van der Waals surface area contributed by atoms with E-state index in [0.717, 1.165) is 43.0 Å². The standard InChI is InChI=1S/C20H25NO3/c22-12-11-16-3-7-18(8-4-16)21-14-17-5-9-19(10-6-17)24-15-20-2-1-13-23-20/h3-10,20-22H,1-2,11-15H2. The molecule has 0 aliphatic carbocycles. The Morgan fingerprint density at radius 2 is 1.79 bits per heavy atom. The lowest BCUT2D eigenvalue weighted by Crippen LogP contribution is -2.16. The van der Waals surface area contributed by atoms with E-state index >= 15 is 0 Å². The zero-order chi connectivity index (χ0) is 16.6. The lowest BCUT2D eigenvalue weighted by atomic mass is 10.1. The number of hydrogen-bond donors (Lipinski definition) is 2. The summed E-state index contributed by atoms with van der Waals surface area (Å²) in [4.78, 5) is 0. The van der Waals surface area contributed by atoms with Crippen molar-refractivity contribution in [3.05, 3.63) is 59.7 Å². The molecule has 4 nitrogen and oxygen atoms in total. The van der Waals surface area contributed by atoms with E-state index < -0.39 is 0 Å². The van der Waals surface area contributed by atoms with Gasteiger partial charge < -0.3 is 19.9 Å². The van der Waals surface area contributed by atoms with E-state index in [1.54, 1.807) is 0 Å². The third-order valence-corrected chi connectivity index (χ3v) is 4.23. The molecule has 1 aliphatic heterocycles. The lowest BCUT2D eigenvalue weighted by molar-refractivity contribution is 0.0679. The summed E-state index contributed by atoms with van der Waals surface area (Å²) < 4.78 is 11.3. The number of anilines is 1. The quantitative estimate of drug-likeness (QED) is 0.780. The summed E-state index contributed by atoms with van der Waals surface area (Å²) in [6.07, 6.45) is 3.19. The first kappa shape index (κ1) is 16.8. The van der Waals surface area contributed by atoms with E-state index in [4.69, 9.17) is 14.6 Å². The number of aliphatic hydroxyl groups excluding tert-OH is 1. The molecule has 24 heavy (non-hydrogen) atoms. The van der Waals surface area contributed by atoms with Gasteiger partial charge in [0.05, 0.1) is 6.10 Å². The Balaban J connectivity index is 1.45. The summed E-state index contributed by atoms with van der Waals surface area (Å²) >= 11 is 0. The van der Waals surface area contributed by atoms with Crippen LogP contribution in [0.3, 0.4) is 0 Å². The zero-order valence-corrected chi connectivity index (χ0v) is 13.9. The lowest BCUT2D eigenvalue weighted by Gasteiger charge is -2.12. The molecule has 1 aliphatic rings. The molecule has 0 aromatic heterocycles. The maximum atomic E-state index is 8.93. The Morgan fingerprint density at radius 1 is 1.04 bits per heavy atom. The minimum absolute atomic E-state index is 0.189. The van der Waals surface area contributed by atoms with Crippen LogP contribution in [0.1, 0.15) is 24.0 Å². The van der Waals surface area contributed by atoms with Crippen LogP contribution in [-0.4, -0.2) is 31.0 Å². The van der Waals surface area contributed by atoms with Gasteiger partial charge in [-0.2, -0.15) is 0 Å². The molecule has 0 amide bonds. The molecule has 2 N–H and O–H groups in total. The predicted octanol–water partition coefficient (Wildman–Crippen LogP) is 3.39. The molecule has 1 saturated heterocycles. The van der Waals surface area contributed by atoms with E-state index in [1.807, 2.05) is 36.4 Å². The Labute approximate surface area is 143 Å². The highest BCUT2D eigenvalue weighted by Crippen LogP contribution is 2.17. The Kier molecular flexibility index (Phi) is 6.10. The van der Waals surface area contributed by atoms with Gasteiger partial charge in [-0.15, -0.1) is 0 Å². The summed E-state index contributed by atoms with van der Waals surface area (Å²) in [5, 5.41) is 12.3. The van der Waals surface area contributed by atoms with Gasteiger partial charge in [-0.1, -0.05) is 24.3 Å². The average molecular weight is 327 g/mol. The fourth-order valence-electron chi connectivity index (χ4n) is 2.79. The molecule has 2 aromatic carbocycles. The Morgan fingerprint density at radius 3 is 2.46 bits per heavy atom. The molecule has 1 unspecified atom stereocenters. The van der Waals surface area contributed by atoms with E-state index in [1.165, 1.54) is 5.56 Å². The molecule has 128 valence electrons. The first-order valence-corrected chi connectivity index (χ1v) is 8.60. The van der Waals surface area contributed by atoms with Crippen LogP contribution in [-0.2, 0) is 17.7 Å². The SMILES string of the molecule is OCCc1ccc(NCc2ccc(OCC3CCCO3)cc2)cc1. The summed E-state index contributed by atoms with van der Waals surface area (Å²) in [6, 6.07) is 16.4. The van der Waals surface area contributed by atoms with Gasteiger partial charge in [0.25, 0.3) is 0 Å². The Bertz CT molecular complexity index is 604. The smallest absolute Gasteiger partial charge is 0.119 e. The molecule has 0 radical (unpaired) electrons. The molecule has 0 spiro atoms. The number of ether oxygens (including phenoxy) is 2. The number of aliphatic hydroxyl groups is 1. The van der Waals surface area contributed by atoms with Crippen molar-refractivity contribution in [3.8, 4) is 5.75 Å². The van der Waals surface area contributed by atoms with E-state index in [-0.39, 0.29) is 12.7 Å². The molecule has 3 rings (SSSR count). The van der Waals surface area contributed by atoms with E-state index in [2.05, 4.69) is 17.4 Å². The van der Waals surface area contributed by atoms with Gasteiger partial charge in [-0.3, -0.25) is 0 Å². The van der Waals surface area contributed by atoms with Crippen molar-refractivity contribution in [3.63, 3.8) is 0 Å². The van der Waals surface area contributed by atoms with Crippen LogP contribution >= 0.6 is 0 Å². The highest BCUT2D eigenvalue weighted by atomic mass is 16.5. The first-order valence-electron chi connectivity index (χ1n) is 8.60.